The van der Waals surface area contributed by atoms with Crippen molar-refractivity contribution in [3.8, 4) is 5.75 Å². The summed E-state index contributed by atoms with van der Waals surface area (Å²) in [5, 5.41) is 3.35. The topological polar surface area (TPSA) is 58.6 Å². The molecule has 2 rings (SSSR count). The van der Waals surface area contributed by atoms with Gasteiger partial charge in [0.25, 0.3) is 0 Å². The average Bonchev–Trinajstić information content (AvgIpc) is 2.53. The number of nitrogens with one attached hydrogen (secondary N) is 1. The van der Waals surface area contributed by atoms with E-state index in [1.54, 1.807) is 18.2 Å². The van der Waals surface area contributed by atoms with E-state index in [0.717, 1.165) is 0 Å². The second kappa shape index (κ2) is 7.43. The van der Waals surface area contributed by atoms with Crippen LogP contribution in [0.1, 0.15) is 33.6 Å². The molecule has 2 amide bonds. The van der Waals surface area contributed by atoms with Gasteiger partial charge in [0.15, 0.2) is 5.75 Å². The molecule has 0 bridgehead atoms. The smallest absolute Gasteiger partial charge is 0.227 e. The van der Waals surface area contributed by atoms with Gasteiger partial charge in [-0.1, -0.05) is 38.4 Å². The third-order valence-electron chi connectivity index (χ3n) is 4.22. The number of carbonyl (C=O) groups excluding carboxylic acids is 2. The number of carbonyl (C=O) groups is 2. The molecule has 0 atom stereocenters. The molecular formula is C18H25ClN2O3. The second-order valence-electron chi connectivity index (χ2n) is 7.13. The average molecular weight is 353 g/mol. The predicted octanol–water partition coefficient (Wildman–Crippen LogP) is 3.57. The molecule has 6 heteroatoms. The van der Waals surface area contributed by atoms with Gasteiger partial charge in [-0.15, -0.1) is 0 Å². The van der Waals surface area contributed by atoms with Crippen molar-refractivity contribution in [1.82, 2.24) is 4.90 Å². The van der Waals surface area contributed by atoms with Crippen LogP contribution < -0.4 is 10.1 Å². The first kappa shape index (κ1) is 18.6. The Bertz CT molecular complexity index is 617. The Labute approximate surface area is 148 Å². The summed E-state index contributed by atoms with van der Waals surface area (Å²) in [7, 11) is 1.52. The van der Waals surface area contributed by atoms with E-state index in [0.29, 0.717) is 42.4 Å². The van der Waals surface area contributed by atoms with Gasteiger partial charge in [0.1, 0.15) is 0 Å². The summed E-state index contributed by atoms with van der Waals surface area (Å²) in [6.45, 7) is 6.97. The van der Waals surface area contributed by atoms with Crippen molar-refractivity contribution in [2.75, 3.05) is 25.5 Å². The van der Waals surface area contributed by atoms with Crippen LogP contribution in [0.4, 0.5) is 5.69 Å². The zero-order valence-electron chi connectivity index (χ0n) is 14.7. The molecule has 0 aromatic heterocycles. The highest BCUT2D eigenvalue weighted by Crippen LogP contribution is 2.33. The molecule has 0 saturated carbocycles. The summed E-state index contributed by atoms with van der Waals surface area (Å²) in [6.07, 6.45) is 1.33. The van der Waals surface area contributed by atoms with E-state index in [4.69, 9.17) is 16.3 Å². The van der Waals surface area contributed by atoms with Gasteiger partial charge in [-0.3, -0.25) is 9.59 Å². The van der Waals surface area contributed by atoms with E-state index in [-0.39, 0.29) is 23.1 Å². The summed E-state index contributed by atoms with van der Waals surface area (Å²) in [6, 6.07) is 5.25. The number of piperidine rings is 1. The Morgan fingerprint density at radius 3 is 2.42 bits per heavy atom. The number of para-hydroxylation sites is 1. The third-order valence-corrected chi connectivity index (χ3v) is 4.52. The lowest BCUT2D eigenvalue weighted by Gasteiger charge is -2.35. The van der Waals surface area contributed by atoms with E-state index >= 15 is 0 Å². The summed E-state index contributed by atoms with van der Waals surface area (Å²) in [5.41, 5.74) is 0.187. The molecule has 1 aromatic carbocycles. The van der Waals surface area contributed by atoms with Gasteiger partial charge in [0, 0.05) is 24.4 Å². The quantitative estimate of drug-likeness (QED) is 0.904. The number of anilines is 1. The maximum Gasteiger partial charge on any atom is 0.227 e. The Morgan fingerprint density at radius 2 is 1.88 bits per heavy atom. The number of halogens is 1. The van der Waals surface area contributed by atoms with E-state index in [9.17, 15) is 9.59 Å². The molecule has 132 valence electrons. The molecule has 1 aromatic rings. The van der Waals surface area contributed by atoms with Crippen LogP contribution in [0.3, 0.4) is 0 Å². The van der Waals surface area contributed by atoms with Gasteiger partial charge in [0.2, 0.25) is 11.8 Å². The number of likely N-dealkylation sites (tertiary alicyclic amines) is 1. The molecule has 1 aliphatic rings. The molecule has 1 fully saturated rings. The van der Waals surface area contributed by atoms with Crippen LogP contribution in [0.15, 0.2) is 18.2 Å². The molecule has 1 heterocycles. The lowest BCUT2D eigenvalue weighted by molar-refractivity contribution is -0.142. The Hall–Kier alpha value is -1.75. The largest absolute Gasteiger partial charge is 0.493 e. The molecule has 1 N–H and O–H groups in total. The van der Waals surface area contributed by atoms with Crippen molar-refractivity contribution in [3.05, 3.63) is 23.2 Å². The number of benzene rings is 1. The fraction of sp³-hybridized carbons (Fsp3) is 0.556. The number of rotatable bonds is 3. The van der Waals surface area contributed by atoms with Crippen molar-refractivity contribution in [1.29, 1.82) is 0 Å². The Morgan fingerprint density at radius 1 is 1.25 bits per heavy atom. The first-order chi connectivity index (χ1) is 11.2. The summed E-state index contributed by atoms with van der Waals surface area (Å²) in [5.74, 6) is 0.432. The van der Waals surface area contributed by atoms with Gasteiger partial charge in [-0.05, 0) is 25.0 Å². The first-order valence-electron chi connectivity index (χ1n) is 8.16. The normalized spacial score (nSPS) is 16.0. The lowest BCUT2D eigenvalue weighted by Crippen LogP contribution is -2.45. The summed E-state index contributed by atoms with van der Waals surface area (Å²) in [4.78, 5) is 26.7. The molecule has 0 unspecified atom stereocenters. The van der Waals surface area contributed by atoms with Crippen molar-refractivity contribution in [2.45, 2.75) is 33.6 Å². The Kier molecular flexibility index (Phi) is 5.75. The van der Waals surface area contributed by atoms with Crippen molar-refractivity contribution >= 4 is 29.1 Å². The molecule has 24 heavy (non-hydrogen) atoms. The molecular weight excluding hydrogens is 328 g/mol. The zero-order chi connectivity index (χ0) is 17.9. The van der Waals surface area contributed by atoms with Crippen LogP contribution >= 0.6 is 11.6 Å². The number of methoxy groups -OCH3 is 1. The van der Waals surface area contributed by atoms with Gasteiger partial charge < -0.3 is 15.0 Å². The fourth-order valence-electron chi connectivity index (χ4n) is 2.87. The van der Waals surface area contributed by atoms with E-state index < -0.39 is 0 Å². The van der Waals surface area contributed by atoms with Crippen LogP contribution in [-0.2, 0) is 9.59 Å². The van der Waals surface area contributed by atoms with E-state index in [2.05, 4.69) is 5.32 Å². The van der Waals surface area contributed by atoms with Crippen molar-refractivity contribution < 1.29 is 14.3 Å². The number of amides is 2. The fourth-order valence-corrected chi connectivity index (χ4v) is 3.12. The zero-order valence-corrected chi connectivity index (χ0v) is 15.4. The summed E-state index contributed by atoms with van der Waals surface area (Å²) < 4.78 is 5.25. The summed E-state index contributed by atoms with van der Waals surface area (Å²) >= 11 is 6.07. The molecule has 1 aliphatic heterocycles. The van der Waals surface area contributed by atoms with Gasteiger partial charge >= 0.3 is 0 Å². The predicted molar refractivity (Wildman–Crippen MR) is 95.4 cm³/mol. The third kappa shape index (κ3) is 4.20. The standard InChI is InChI=1S/C18H25ClN2O3/c1-18(2,3)17(23)21-10-8-12(9-11-21)16(22)20-14-7-5-6-13(19)15(14)24-4/h5-7,12H,8-11H2,1-4H3,(H,20,22). The number of nitrogens with zero attached hydrogens (tertiary/aromatic N) is 1. The van der Waals surface area contributed by atoms with Crippen LogP contribution in [-0.4, -0.2) is 36.9 Å². The van der Waals surface area contributed by atoms with Crippen LogP contribution in [0.2, 0.25) is 5.02 Å². The molecule has 5 nitrogen and oxygen atoms in total. The van der Waals surface area contributed by atoms with E-state index in [1.807, 2.05) is 25.7 Å². The minimum atomic E-state index is -0.386. The molecule has 0 spiro atoms. The number of hydrogen-bond donors (Lipinski definition) is 1. The van der Waals surface area contributed by atoms with E-state index in [1.165, 1.54) is 7.11 Å². The van der Waals surface area contributed by atoms with Gasteiger partial charge in [0.05, 0.1) is 17.8 Å². The minimum Gasteiger partial charge on any atom is -0.493 e. The van der Waals surface area contributed by atoms with Crippen LogP contribution in [0.25, 0.3) is 0 Å². The monoisotopic (exact) mass is 352 g/mol. The maximum atomic E-state index is 12.5. The van der Waals surface area contributed by atoms with Gasteiger partial charge in [-0.25, -0.2) is 0 Å². The molecule has 0 radical (unpaired) electrons. The van der Waals surface area contributed by atoms with Crippen molar-refractivity contribution in [3.63, 3.8) is 0 Å². The first-order valence-corrected chi connectivity index (χ1v) is 8.54. The number of hydrogen-bond acceptors (Lipinski definition) is 3. The highest BCUT2D eigenvalue weighted by molar-refractivity contribution is 6.32. The highest BCUT2D eigenvalue weighted by Gasteiger charge is 2.32. The lowest BCUT2D eigenvalue weighted by atomic mass is 9.90. The highest BCUT2D eigenvalue weighted by atomic mass is 35.5. The van der Waals surface area contributed by atoms with Crippen molar-refractivity contribution in [2.24, 2.45) is 11.3 Å². The Balaban J connectivity index is 1.97. The van der Waals surface area contributed by atoms with Gasteiger partial charge in [-0.2, -0.15) is 0 Å². The molecule has 1 saturated heterocycles. The van der Waals surface area contributed by atoms with Crippen LogP contribution in [0.5, 0.6) is 5.75 Å². The number of ether oxygens (including phenoxy) is 1. The molecule has 0 aliphatic carbocycles. The van der Waals surface area contributed by atoms with Crippen LogP contribution in [0, 0.1) is 11.3 Å². The maximum absolute atomic E-state index is 12.5. The SMILES string of the molecule is COc1c(Cl)cccc1NC(=O)C1CCN(C(=O)C(C)(C)C)CC1. The minimum absolute atomic E-state index is 0.0570. The second-order valence-corrected chi connectivity index (χ2v) is 7.53.